The summed E-state index contributed by atoms with van der Waals surface area (Å²) in [5.41, 5.74) is 1.37. The highest BCUT2D eigenvalue weighted by atomic mass is 32.2. The van der Waals surface area contributed by atoms with Crippen molar-refractivity contribution in [3.63, 3.8) is 0 Å². The molecule has 26 heavy (non-hydrogen) atoms. The van der Waals surface area contributed by atoms with Crippen LogP contribution in [0.4, 0.5) is 11.5 Å². The second kappa shape index (κ2) is 8.31. The number of anilines is 2. The molecule has 0 aliphatic carbocycles. The Bertz CT molecular complexity index is 929. The highest BCUT2D eigenvalue weighted by molar-refractivity contribution is 7.99. The van der Waals surface area contributed by atoms with Gasteiger partial charge in [0, 0.05) is 16.0 Å². The third-order valence-electron chi connectivity index (χ3n) is 3.55. The molecular weight excluding hydrogens is 346 g/mol. The normalized spacial score (nSPS) is 10.2. The molecule has 2 N–H and O–H groups in total. The van der Waals surface area contributed by atoms with Crippen LogP contribution in [0.3, 0.4) is 0 Å². The fourth-order valence-electron chi connectivity index (χ4n) is 2.23. The van der Waals surface area contributed by atoms with Gasteiger partial charge in [0.25, 0.3) is 0 Å². The van der Waals surface area contributed by atoms with Crippen molar-refractivity contribution < 1.29 is 9.59 Å². The predicted molar refractivity (Wildman–Crippen MR) is 103 cm³/mol. The maximum absolute atomic E-state index is 12.3. The van der Waals surface area contributed by atoms with E-state index in [-0.39, 0.29) is 0 Å². The Balaban J connectivity index is 1.71. The average Bonchev–Trinajstić information content (AvgIpc) is 2.66. The summed E-state index contributed by atoms with van der Waals surface area (Å²) >= 11 is 1.52. The highest BCUT2D eigenvalue weighted by Gasteiger charge is 2.17. The zero-order valence-corrected chi connectivity index (χ0v) is 14.9. The van der Waals surface area contributed by atoms with Gasteiger partial charge in [0.2, 0.25) is 0 Å². The van der Waals surface area contributed by atoms with Gasteiger partial charge in [0.1, 0.15) is 5.82 Å². The number of pyridine rings is 1. The van der Waals surface area contributed by atoms with Gasteiger partial charge in [-0.1, -0.05) is 48.2 Å². The van der Waals surface area contributed by atoms with E-state index in [9.17, 15) is 9.59 Å². The van der Waals surface area contributed by atoms with Crippen molar-refractivity contribution in [1.82, 2.24) is 4.98 Å². The van der Waals surface area contributed by atoms with E-state index < -0.39 is 11.8 Å². The minimum atomic E-state index is -0.758. The fourth-order valence-corrected chi connectivity index (χ4v) is 3.16. The maximum atomic E-state index is 12.3. The summed E-state index contributed by atoms with van der Waals surface area (Å²) in [5, 5.41) is 5.20. The Labute approximate surface area is 155 Å². The third kappa shape index (κ3) is 4.49. The number of carbonyl (C=O) groups excluding carboxylic acids is 2. The number of benzene rings is 2. The van der Waals surface area contributed by atoms with Crippen LogP contribution in [0.5, 0.6) is 0 Å². The molecule has 0 radical (unpaired) electrons. The van der Waals surface area contributed by atoms with E-state index in [1.807, 2.05) is 61.5 Å². The van der Waals surface area contributed by atoms with Gasteiger partial charge in [0.15, 0.2) is 0 Å². The van der Waals surface area contributed by atoms with Crippen LogP contribution in [0, 0.1) is 6.92 Å². The van der Waals surface area contributed by atoms with E-state index >= 15 is 0 Å². The Morgan fingerprint density at radius 1 is 0.846 bits per heavy atom. The van der Waals surface area contributed by atoms with Crippen LogP contribution in [-0.2, 0) is 9.59 Å². The first-order chi connectivity index (χ1) is 12.6. The lowest BCUT2D eigenvalue weighted by Crippen LogP contribution is -2.29. The molecule has 0 saturated heterocycles. The Kier molecular flexibility index (Phi) is 5.66. The second-order valence-corrected chi connectivity index (χ2v) is 6.60. The Morgan fingerprint density at radius 3 is 2.31 bits per heavy atom. The number of aryl methyl sites for hydroxylation is 1. The standard InChI is InChI=1S/C20H17N3O2S/c1-14-8-7-13-21-18(14)23-20(25)19(24)22-16-11-5-6-12-17(16)26-15-9-3-2-4-10-15/h2-13H,1H3,(H,22,24)(H,21,23,25). The van der Waals surface area contributed by atoms with Gasteiger partial charge in [0.05, 0.1) is 5.69 Å². The number of hydrogen-bond donors (Lipinski definition) is 2. The second-order valence-electron chi connectivity index (χ2n) is 5.49. The quantitative estimate of drug-likeness (QED) is 0.684. The molecule has 3 rings (SSSR count). The molecule has 1 heterocycles. The molecule has 2 aromatic carbocycles. The van der Waals surface area contributed by atoms with E-state index in [1.165, 1.54) is 11.8 Å². The molecule has 1 aromatic heterocycles. The molecule has 0 aliphatic rings. The summed E-state index contributed by atoms with van der Waals surface area (Å²) in [6, 6.07) is 20.8. The lowest BCUT2D eigenvalue weighted by atomic mass is 10.3. The Hall–Kier alpha value is -3.12. The molecule has 6 heteroatoms. The lowest BCUT2D eigenvalue weighted by Gasteiger charge is -2.11. The Morgan fingerprint density at radius 2 is 1.54 bits per heavy atom. The van der Waals surface area contributed by atoms with E-state index in [0.29, 0.717) is 11.5 Å². The minimum Gasteiger partial charge on any atom is -0.317 e. The van der Waals surface area contributed by atoms with Crippen molar-refractivity contribution >= 4 is 35.1 Å². The number of nitrogens with zero attached hydrogens (tertiary/aromatic N) is 1. The van der Waals surface area contributed by atoms with E-state index in [2.05, 4.69) is 15.6 Å². The molecule has 0 spiro atoms. The van der Waals surface area contributed by atoms with Crippen LogP contribution < -0.4 is 10.6 Å². The van der Waals surface area contributed by atoms with Crippen molar-refractivity contribution in [1.29, 1.82) is 0 Å². The van der Waals surface area contributed by atoms with Crippen molar-refractivity contribution in [2.75, 3.05) is 10.6 Å². The average molecular weight is 363 g/mol. The molecule has 2 amide bonds. The molecule has 0 unspecified atom stereocenters. The first-order valence-corrected chi connectivity index (χ1v) is 8.81. The summed E-state index contributed by atoms with van der Waals surface area (Å²) in [6.45, 7) is 1.81. The van der Waals surface area contributed by atoms with Gasteiger partial charge in [-0.05, 0) is 42.8 Å². The number of hydrogen-bond acceptors (Lipinski definition) is 4. The molecule has 5 nitrogen and oxygen atoms in total. The molecule has 0 fully saturated rings. The van der Waals surface area contributed by atoms with E-state index in [1.54, 1.807) is 18.3 Å². The summed E-state index contributed by atoms with van der Waals surface area (Å²) in [5.74, 6) is -1.12. The van der Waals surface area contributed by atoms with Crippen molar-refractivity contribution in [3.05, 3.63) is 78.5 Å². The molecule has 0 atom stereocenters. The van der Waals surface area contributed by atoms with Crippen molar-refractivity contribution in [2.45, 2.75) is 16.7 Å². The van der Waals surface area contributed by atoms with Gasteiger partial charge in [-0.25, -0.2) is 4.98 Å². The van der Waals surface area contributed by atoms with E-state index in [4.69, 9.17) is 0 Å². The zero-order chi connectivity index (χ0) is 18.4. The first kappa shape index (κ1) is 17.7. The molecule has 0 saturated carbocycles. The maximum Gasteiger partial charge on any atom is 0.315 e. The lowest BCUT2D eigenvalue weighted by molar-refractivity contribution is -0.133. The molecule has 3 aromatic rings. The third-order valence-corrected chi connectivity index (χ3v) is 4.64. The van der Waals surface area contributed by atoms with Crippen LogP contribution >= 0.6 is 11.8 Å². The van der Waals surface area contributed by atoms with Crippen molar-refractivity contribution in [2.24, 2.45) is 0 Å². The number of amides is 2. The number of para-hydroxylation sites is 1. The van der Waals surface area contributed by atoms with Gasteiger partial charge in [-0.15, -0.1) is 0 Å². The monoisotopic (exact) mass is 363 g/mol. The van der Waals surface area contributed by atoms with Crippen LogP contribution in [-0.4, -0.2) is 16.8 Å². The van der Waals surface area contributed by atoms with Crippen molar-refractivity contribution in [3.8, 4) is 0 Å². The highest BCUT2D eigenvalue weighted by Crippen LogP contribution is 2.33. The summed E-state index contributed by atoms with van der Waals surface area (Å²) in [6.07, 6.45) is 1.56. The van der Waals surface area contributed by atoms with Crippen LogP contribution in [0.2, 0.25) is 0 Å². The number of rotatable bonds is 4. The van der Waals surface area contributed by atoms with Gasteiger partial charge in [-0.3, -0.25) is 9.59 Å². The number of carbonyl (C=O) groups is 2. The molecule has 130 valence electrons. The van der Waals surface area contributed by atoms with Crippen LogP contribution in [0.25, 0.3) is 0 Å². The minimum absolute atomic E-state index is 0.375. The van der Waals surface area contributed by atoms with Gasteiger partial charge >= 0.3 is 11.8 Å². The van der Waals surface area contributed by atoms with Gasteiger partial charge < -0.3 is 10.6 Å². The smallest absolute Gasteiger partial charge is 0.315 e. The summed E-state index contributed by atoms with van der Waals surface area (Å²) < 4.78 is 0. The predicted octanol–water partition coefficient (Wildman–Crippen LogP) is 4.12. The topological polar surface area (TPSA) is 71.1 Å². The summed E-state index contributed by atoms with van der Waals surface area (Å²) in [7, 11) is 0. The molecule has 0 bridgehead atoms. The van der Waals surface area contributed by atoms with E-state index in [0.717, 1.165) is 15.4 Å². The summed E-state index contributed by atoms with van der Waals surface area (Å²) in [4.78, 5) is 30.4. The van der Waals surface area contributed by atoms with Crippen LogP contribution in [0.15, 0.2) is 82.7 Å². The first-order valence-electron chi connectivity index (χ1n) is 7.99. The zero-order valence-electron chi connectivity index (χ0n) is 14.1. The van der Waals surface area contributed by atoms with Gasteiger partial charge in [-0.2, -0.15) is 0 Å². The number of nitrogens with one attached hydrogen (secondary N) is 2. The molecule has 0 aliphatic heterocycles. The largest absolute Gasteiger partial charge is 0.317 e. The number of aromatic nitrogens is 1. The van der Waals surface area contributed by atoms with Crippen LogP contribution in [0.1, 0.15) is 5.56 Å². The fraction of sp³-hybridized carbons (Fsp3) is 0.0500. The SMILES string of the molecule is Cc1cccnc1NC(=O)C(=O)Nc1ccccc1Sc1ccccc1. The molecular formula is C20H17N3O2S.